The van der Waals surface area contributed by atoms with Gasteiger partial charge in [0, 0.05) is 55.5 Å². The van der Waals surface area contributed by atoms with Crippen molar-refractivity contribution in [1.82, 2.24) is 14.3 Å². The van der Waals surface area contributed by atoms with E-state index in [0.29, 0.717) is 60.5 Å². The van der Waals surface area contributed by atoms with E-state index in [1.165, 1.54) is 17.6 Å². The maximum absolute atomic E-state index is 14.0. The summed E-state index contributed by atoms with van der Waals surface area (Å²) in [5.74, 6) is -0.0305. The van der Waals surface area contributed by atoms with Crippen molar-refractivity contribution in [2.45, 2.75) is 13.3 Å². The number of aromatic nitrogens is 2. The van der Waals surface area contributed by atoms with Crippen LogP contribution in [-0.4, -0.2) is 52.4 Å². The molecule has 1 saturated heterocycles. The molecule has 3 aromatic rings. The lowest BCUT2D eigenvalue weighted by atomic mass is 10.2. The molecule has 1 fully saturated rings. The number of anilines is 3. The summed E-state index contributed by atoms with van der Waals surface area (Å²) in [5.41, 5.74) is 1.73. The fourth-order valence-corrected chi connectivity index (χ4v) is 4.02. The smallest absolute Gasteiger partial charge is 0.321 e. The van der Waals surface area contributed by atoms with Gasteiger partial charge in [-0.3, -0.25) is 4.79 Å². The molecule has 1 aromatic heterocycles. The van der Waals surface area contributed by atoms with Gasteiger partial charge in [0.2, 0.25) is 11.0 Å². The van der Waals surface area contributed by atoms with Crippen molar-refractivity contribution in [3.8, 4) is 11.4 Å². The van der Waals surface area contributed by atoms with E-state index in [-0.39, 0.29) is 17.8 Å². The van der Waals surface area contributed by atoms with Gasteiger partial charge < -0.3 is 20.4 Å². The van der Waals surface area contributed by atoms with Gasteiger partial charge in [0.25, 0.3) is 0 Å². The predicted molar refractivity (Wildman–Crippen MR) is 123 cm³/mol. The highest BCUT2D eigenvalue weighted by atomic mass is 32.1. The van der Waals surface area contributed by atoms with Gasteiger partial charge in [-0.1, -0.05) is 19.1 Å². The normalized spacial score (nSPS) is 13.7. The average molecular weight is 455 g/mol. The molecular weight excluding hydrogens is 431 g/mol. The maximum atomic E-state index is 14.0. The molecule has 32 heavy (non-hydrogen) atoms. The topological polar surface area (TPSA) is 90.5 Å². The first-order valence-corrected chi connectivity index (χ1v) is 11.1. The lowest BCUT2D eigenvalue weighted by Gasteiger charge is -2.34. The molecule has 2 aromatic carbocycles. The minimum absolute atomic E-state index is 0.0592. The summed E-state index contributed by atoms with van der Waals surface area (Å²) in [4.78, 5) is 32.3. The van der Waals surface area contributed by atoms with Crippen LogP contribution in [0.15, 0.2) is 48.5 Å². The Morgan fingerprint density at radius 1 is 1.00 bits per heavy atom. The van der Waals surface area contributed by atoms with Crippen LogP contribution in [0.25, 0.3) is 11.4 Å². The van der Waals surface area contributed by atoms with Crippen LogP contribution in [-0.2, 0) is 4.79 Å². The molecule has 10 heteroatoms. The van der Waals surface area contributed by atoms with Gasteiger partial charge in [0.1, 0.15) is 5.82 Å². The van der Waals surface area contributed by atoms with Gasteiger partial charge in [0.05, 0.1) is 5.56 Å². The zero-order valence-corrected chi connectivity index (χ0v) is 18.4. The summed E-state index contributed by atoms with van der Waals surface area (Å²) in [7, 11) is 0. The monoisotopic (exact) mass is 454 g/mol. The third kappa shape index (κ3) is 5.02. The van der Waals surface area contributed by atoms with Crippen LogP contribution in [0, 0.1) is 5.82 Å². The Labute approximate surface area is 189 Å². The second-order valence-electron chi connectivity index (χ2n) is 7.26. The van der Waals surface area contributed by atoms with E-state index in [9.17, 15) is 14.0 Å². The molecular formula is C22H23FN6O2S. The van der Waals surface area contributed by atoms with Crippen molar-refractivity contribution in [3.05, 3.63) is 54.3 Å². The zero-order chi connectivity index (χ0) is 22.5. The molecule has 2 N–H and O–H groups in total. The minimum atomic E-state index is -0.348. The fourth-order valence-electron chi connectivity index (χ4n) is 3.29. The van der Waals surface area contributed by atoms with Gasteiger partial charge >= 0.3 is 6.03 Å². The van der Waals surface area contributed by atoms with Crippen LogP contribution in [0.1, 0.15) is 13.3 Å². The van der Waals surface area contributed by atoms with E-state index in [2.05, 4.69) is 24.9 Å². The van der Waals surface area contributed by atoms with Crippen LogP contribution < -0.4 is 15.5 Å². The summed E-state index contributed by atoms with van der Waals surface area (Å²) in [6.07, 6.45) is 0.409. The zero-order valence-electron chi connectivity index (χ0n) is 17.5. The fraction of sp³-hybridized carbons (Fsp3) is 0.273. The van der Waals surface area contributed by atoms with Crippen LogP contribution >= 0.6 is 11.5 Å². The average Bonchev–Trinajstić information content (AvgIpc) is 3.30. The number of amides is 3. The Morgan fingerprint density at radius 2 is 1.66 bits per heavy atom. The van der Waals surface area contributed by atoms with Crippen LogP contribution in [0.4, 0.5) is 25.7 Å². The standard InChI is InChI=1S/C22H23FN6O2S/c1-2-19(30)24-15-7-9-16(10-8-15)25-21(31)28-11-13-29(14-12-28)22-26-20(27-32-22)17-5-3-4-6-18(17)23/h3-10H,2,11-14H2,1H3,(H,24,30)(H,25,31). The Hall–Kier alpha value is -3.53. The SMILES string of the molecule is CCC(=O)Nc1ccc(NC(=O)N2CCN(c3nc(-c4ccccc4F)ns3)CC2)cc1. The van der Waals surface area contributed by atoms with E-state index in [4.69, 9.17) is 0 Å². The molecule has 0 atom stereocenters. The highest BCUT2D eigenvalue weighted by molar-refractivity contribution is 7.09. The molecule has 0 bridgehead atoms. The van der Waals surface area contributed by atoms with Gasteiger partial charge in [0.15, 0.2) is 5.82 Å². The molecule has 0 spiro atoms. The van der Waals surface area contributed by atoms with Gasteiger partial charge in [-0.25, -0.2) is 9.18 Å². The van der Waals surface area contributed by atoms with Gasteiger partial charge in [-0.2, -0.15) is 9.36 Å². The van der Waals surface area contributed by atoms with Crippen molar-refractivity contribution in [2.75, 3.05) is 41.7 Å². The van der Waals surface area contributed by atoms with E-state index in [1.807, 2.05) is 0 Å². The third-order valence-electron chi connectivity index (χ3n) is 5.11. The highest BCUT2D eigenvalue weighted by Crippen LogP contribution is 2.26. The number of piperazine rings is 1. The molecule has 1 aliphatic rings. The number of carbonyl (C=O) groups is 2. The van der Waals surface area contributed by atoms with Gasteiger partial charge in [-0.05, 0) is 36.4 Å². The first-order valence-electron chi connectivity index (χ1n) is 10.3. The Bertz CT molecular complexity index is 1100. The number of carbonyl (C=O) groups excluding carboxylic acids is 2. The molecule has 0 saturated carbocycles. The third-order valence-corrected chi connectivity index (χ3v) is 5.89. The Kier molecular flexibility index (Phi) is 6.60. The van der Waals surface area contributed by atoms with E-state index >= 15 is 0 Å². The van der Waals surface area contributed by atoms with Crippen molar-refractivity contribution in [1.29, 1.82) is 0 Å². The van der Waals surface area contributed by atoms with E-state index in [1.54, 1.807) is 54.3 Å². The molecule has 0 unspecified atom stereocenters. The van der Waals surface area contributed by atoms with Crippen molar-refractivity contribution >= 4 is 40.0 Å². The second kappa shape index (κ2) is 9.73. The first kappa shape index (κ1) is 21.7. The molecule has 2 heterocycles. The summed E-state index contributed by atoms with van der Waals surface area (Å²) in [5, 5.41) is 6.37. The lowest BCUT2D eigenvalue weighted by molar-refractivity contribution is -0.115. The second-order valence-corrected chi connectivity index (χ2v) is 7.99. The summed E-state index contributed by atoms with van der Waals surface area (Å²) in [6.45, 7) is 4.08. The maximum Gasteiger partial charge on any atom is 0.321 e. The largest absolute Gasteiger partial charge is 0.343 e. The predicted octanol–water partition coefficient (Wildman–Crippen LogP) is 4.05. The number of benzene rings is 2. The van der Waals surface area contributed by atoms with Crippen molar-refractivity contribution in [3.63, 3.8) is 0 Å². The molecule has 8 nitrogen and oxygen atoms in total. The van der Waals surface area contributed by atoms with Crippen molar-refractivity contribution < 1.29 is 14.0 Å². The van der Waals surface area contributed by atoms with Crippen LogP contribution in [0.5, 0.6) is 0 Å². The molecule has 1 aliphatic heterocycles. The van der Waals surface area contributed by atoms with Gasteiger partial charge in [-0.15, -0.1) is 0 Å². The Balaban J connectivity index is 1.30. The number of nitrogens with one attached hydrogen (secondary N) is 2. The van der Waals surface area contributed by atoms with E-state index in [0.717, 1.165) is 0 Å². The van der Waals surface area contributed by atoms with Crippen LogP contribution in [0.3, 0.4) is 0 Å². The van der Waals surface area contributed by atoms with Crippen molar-refractivity contribution in [2.24, 2.45) is 0 Å². The summed E-state index contributed by atoms with van der Waals surface area (Å²) >= 11 is 1.23. The number of nitrogens with zero attached hydrogens (tertiary/aromatic N) is 4. The number of halogens is 1. The number of rotatable bonds is 5. The molecule has 0 aliphatic carbocycles. The number of hydrogen-bond donors (Lipinski definition) is 2. The molecule has 3 amide bonds. The summed E-state index contributed by atoms with van der Waals surface area (Å²) < 4.78 is 18.3. The van der Waals surface area contributed by atoms with E-state index < -0.39 is 0 Å². The summed E-state index contributed by atoms with van der Waals surface area (Å²) in [6, 6.07) is 13.3. The molecule has 0 radical (unpaired) electrons. The minimum Gasteiger partial charge on any atom is -0.343 e. The molecule has 166 valence electrons. The van der Waals surface area contributed by atoms with Crippen LogP contribution in [0.2, 0.25) is 0 Å². The number of hydrogen-bond acceptors (Lipinski definition) is 6. The molecule has 4 rings (SSSR count). The highest BCUT2D eigenvalue weighted by Gasteiger charge is 2.24. The first-order chi connectivity index (χ1) is 15.5. The quantitative estimate of drug-likeness (QED) is 0.607. The lowest BCUT2D eigenvalue weighted by Crippen LogP contribution is -2.50. The Morgan fingerprint density at radius 3 is 2.31 bits per heavy atom. The number of urea groups is 1.